The summed E-state index contributed by atoms with van der Waals surface area (Å²) in [7, 11) is 0. The predicted octanol–water partition coefficient (Wildman–Crippen LogP) is 4.05. The molecule has 1 saturated heterocycles. The third kappa shape index (κ3) is 5.51. The smallest absolute Gasteiger partial charge is 0.226 e. The van der Waals surface area contributed by atoms with E-state index in [0.29, 0.717) is 25.4 Å². The lowest BCUT2D eigenvalue weighted by Gasteiger charge is -2.34. The predicted molar refractivity (Wildman–Crippen MR) is 115 cm³/mol. The molecule has 1 amide bonds. The Balaban J connectivity index is 1.54. The SMILES string of the molecule is CCOc1cccc(CN2CCC(C(=O)N(CC)Cc3ccccc3)CC2)c1O. The van der Waals surface area contributed by atoms with Gasteiger partial charge in [0.25, 0.3) is 0 Å². The zero-order valence-corrected chi connectivity index (χ0v) is 17.5. The summed E-state index contributed by atoms with van der Waals surface area (Å²) in [6, 6.07) is 15.8. The highest BCUT2D eigenvalue weighted by Crippen LogP contribution is 2.31. The number of piperidine rings is 1. The number of hydrogen-bond acceptors (Lipinski definition) is 4. The number of rotatable bonds is 8. The van der Waals surface area contributed by atoms with Crippen LogP contribution in [0.3, 0.4) is 0 Å². The molecule has 0 spiro atoms. The third-order valence-corrected chi connectivity index (χ3v) is 5.62. The van der Waals surface area contributed by atoms with Crippen molar-refractivity contribution >= 4 is 5.91 Å². The van der Waals surface area contributed by atoms with E-state index in [1.807, 2.05) is 49.1 Å². The third-order valence-electron chi connectivity index (χ3n) is 5.62. The molecule has 156 valence electrons. The fourth-order valence-electron chi connectivity index (χ4n) is 3.95. The normalized spacial score (nSPS) is 15.2. The maximum atomic E-state index is 13.0. The molecule has 0 unspecified atom stereocenters. The van der Waals surface area contributed by atoms with E-state index in [1.54, 1.807) is 6.07 Å². The summed E-state index contributed by atoms with van der Waals surface area (Å²) in [5.74, 6) is 1.11. The number of carbonyl (C=O) groups is 1. The molecule has 0 saturated carbocycles. The minimum atomic E-state index is 0.0817. The summed E-state index contributed by atoms with van der Waals surface area (Å²) in [5, 5.41) is 10.4. The average Bonchev–Trinajstić information content (AvgIpc) is 2.76. The van der Waals surface area contributed by atoms with Gasteiger partial charge in [-0.25, -0.2) is 0 Å². The number of carbonyl (C=O) groups excluding carboxylic acids is 1. The van der Waals surface area contributed by atoms with Gasteiger partial charge in [0.05, 0.1) is 6.61 Å². The lowest BCUT2D eigenvalue weighted by atomic mass is 9.94. The first-order valence-corrected chi connectivity index (χ1v) is 10.6. The topological polar surface area (TPSA) is 53.0 Å². The molecule has 0 atom stereocenters. The van der Waals surface area contributed by atoms with Crippen LogP contribution in [-0.2, 0) is 17.9 Å². The fourth-order valence-corrected chi connectivity index (χ4v) is 3.95. The zero-order chi connectivity index (χ0) is 20.6. The van der Waals surface area contributed by atoms with E-state index in [-0.39, 0.29) is 17.6 Å². The van der Waals surface area contributed by atoms with Crippen molar-refractivity contribution in [3.8, 4) is 11.5 Å². The van der Waals surface area contributed by atoms with Gasteiger partial charge in [0, 0.05) is 31.1 Å². The highest BCUT2D eigenvalue weighted by atomic mass is 16.5. The van der Waals surface area contributed by atoms with Crippen molar-refractivity contribution in [3.63, 3.8) is 0 Å². The Morgan fingerprint density at radius 3 is 2.48 bits per heavy atom. The van der Waals surface area contributed by atoms with Crippen molar-refractivity contribution in [3.05, 3.63) is 59.7 Å². The molecular formula is C24H32N2O3. The number of aromatic hydroxyl groups is 1. The number of para-hydroxylation sites is 1. The molecule has 5 nitrogen and oxygen atoms in total. The molecule has 0 aromatic heterocycles. The first-order chi connectivity index (χ1) is 14.1. The van der Waals surface area contributed by atoms with Gasteiger partial charge in [-0.15, -0.1) is 0 Å². The van der Waals surface area contributed by atoms with Crippen LogP contribution in [0, 0.1) is 5.92 Å². The molecule has 0 radical (unpaired) electrons. The number of nitrogens with zero attached hydrogens (tertiary/aromatic N) is 2. The minimum absolute atomic E-state index is 0.0817. The molecule has 1 aliphatic heterocycles. The van der Waals surface area contributed by atoms with Crippen molar-refractivity contribution in [1.82, 2.24) is 9.80 Å². The lowest BCUT2D eigenvalue weighted by molar-refractivity contribution is -0.137. The van der Waals surface area contributed by atoms with Gasteiger partial charge >= 0.3 is 0 Å². The molecule has 1 aliphatic rings. The first kappa shape index (κ1) is 21.2. The van der Waals surface area contributed by atoms with Crippen molar-refractivity contribution in [2.24, 2.45) is 5.92 Å². The minimum Gasteiger partial charge on any atom is -0.504 e. The Kier molecular flexibility index (Phi) is 7.53. The van der Waals surface area contributed by atoms with Crippen molar-refractivity contribution in [2.75, 3.05) is 26.2 Å². The van der Waals surface area contributed by atoms with Crippen LogP contribution in [0.4, 0.5) is 0 Å². The van der Waals surface area contributed by atoms with Crippen LogP contribution in [-0.4, -0.2) is 47.1 Å². The number of amides is 1. The summed E-state index contributed by atoms with van der Waals surface area (Å²) in [6.07, 6.45) is 1.71. The van der Waals surface area contributed by atoms with E-state index in [2.05, 4.69) is 17.0 Å². The van der Waals surface area contributed by atoms with Crippen LogP contribution in [0.2, 0.25) is 0 Å². The Bertz CT molecular complexity index is 786. The number of benzene rings is 2. The monoisotopic (exact) mass is 396 g/mol. The molecule has 1 fully saturated rings. The molecule has 29 heavy (non-hydrogen) atoms. The second kappa shape index (κ2) is 10.3. The number of likely N-dealkylation sites (tertiary alicyclic amines) is 1. The second-order valence-corrected chi connectivity index (χ2v) is 7.59. The van der Waals surface area contributed by atoms with E-state index < -0.39 is 0 Å². The molecule has 2 aromatic carbocycles. The summed E-state index contributed by atoms with van der Waals surface area (Å²) in [5.41, 5.74) is 2.05. The molecule has 1 heterocycles. The van der Waals surface area contributed by atoms with Crippen LogP contribution in [0.1, 0.15) is 37.8 Å². The van der Waals surface area contributed by atoms with Gasteiger partial charge < -0.3 is 14.7 Å². The first-order valence-electron chi connectivity index (χ1n) is 10.6. The Labute approximate surface area is 173 Å². The number of hydrogen-bond donors (Lipinski definition) is 1. The highest BCUT2D eigenvalue weighted by Gasteiger charge is 2.28. The van der Waals surface area contributed by atoms with Crippen LogP contribution < -0.4 is 4.74 Å². The number of ether oxygens (including phenoxy) is 1. The molecule has 1 N–H and O–H groups in total. The Hall–Kier alpha value is -2.53. The highest BCUT2D eigenvalue weighted by molar-refractivity contribution is 5.79. The molecule has 2 aromatic rings. The van der Waals surface area contributed by atoms with Crippen molar-refractivity contribution in [1.29, 1.82) is 0 Å². The van der Waals surface area contributed by atoms with Gasteiger partial charge in [-0.1, -0.05) is 42.5 Å². The molecular weight excluding hydrogens is 364 g/mol. The quantitative estimate of drug-likeness (QED) is 0.731. The molecule has 0 aliphatic carbocycles. The van der Waals surface area contributed by atoms with Gasteiger partial charge in [-0.3, -0.25) is 9.69 Å². The van der Waals surface area contributed by atoms with E-state index in [1.165, 1.54) is 5.56 Å². The number of phenols is 1. The zero-order valence-electron chi connectivity index (χ0n) is 17.5. The lowest BCUT2D eigenvalue weighted by Crippen LogP contribution is -2.42. The largest absolute Gasteiger partial charge is 0.504 e. The summed E-state index contributed by atoms with van der Waals surface area (Å²) in [4.78, 5) is 17.3. The van der Waals surface area contributed by atoms with Gasteiger partial charge in [-0.2, -0.15) is 0 Å². The van der Waals surface area contributed by atoms with Gasteiger partial charge in [0.1, 0.15) is 0 Å². The van der Waals surface area contributed by atoms with Crippen LogP contribution >= 0.6 is 0 Å². The second-order valence-electron chi connectivity index (χ2n) is 7.59. The Morgan fingerprint density at radius 2 is 1.83 bits per heavy atom. The van der Waals surface area contributed by atoms with E-state index >= 15 is 0 Å². The molecule has 3 rings (SSSR count). The van der Waals surface area contributed by atoms with Crippen molar-refractivity contribution in [2.45, 2.75) is 39.8 Å². The molecule has 0 bridgehead atoms. The standard InChI is InChI=1S/C24H32N2O3/c1-3-26(17-19-9-6-5-7-10-19)24(28)20-13-15-25(16-14-20)18-21-11-8-12-22(23(21)27)29-4-2/h5-12,20,27H,3-4,13-18H2,1-2H3. The summed E-state index contributed by atoms with van der Waals surface area (Å²) >= 11 is 0. The van der Waals surface area contributed by atoms with Gasteiger partial charge in [0.2, 0.25) is 5.91 Å². The van der Waals surface area contributed by atoms with E-state index in [0.717, 1.165) is 38.0 Å². The number of phenolic OH excluding ortho intramolecular Hbond substituents is 1. The summed E-state index contributed by atoms with van der Waals surface area (Å²) in [6.45, 7) is 8.28. The average molecular weight is 397 g/mol. The summed E-state index contributed by atoms with van der Waals surface area (Å²) < 4.78 is 5.48. The van der Waals surface area contributed by atoms with Crippen molar-refractivity contribution < 1.29 is 14.6 Å². The Morgan fingerprint density at radius 1 is 1.10 bits per heavy atom. The van der Waals surface area contributed by atoms with E-state index in [4.69, 9.17) is 4.74 Å². The molecule has 5 heteroatoms. The fraction of sp³-hybridized carbons (Fsp3) is 0.458. The maximum absolute atomic E-state index is 13.0. The van der Waals surface area contributed by atoms with Gasteiger partial charge in [-0.05, 0) is 51.4 Å². The van der Waals surface area contributed by atoms with Crippen LogP contribution in [0.15, 0.2) is 48.5 Å². The van der Waals surface area contributed by atoms with E-state index in [9.17, 15) is 9.90 Å². The van der Waals surface area contributed by atoms with Crippen LogP contribution in [0.5, 0.6) is 11.5 Å². The van der Waals surface area contributed by atoms with Gasteiger partial charge in [0.15, 0.2) is 11.5 Å². The van der Waals surface area contributed by atoms with Crippen LogP contribution in [0.25, 0.3) is 0 Å². The maximum Gasteiger partial charge on any atom is 0.226 e.